The predicted octanol–water partition coefficient (Wildman–Crippen LogP) is 3.05. The highest BCUT2D eigenvalue weighted by Crippen LogP contribution is 2.32. The summed E-state index contributed by atoms with van der Waals surface area (Å²) in [6.07, 6.45) is 1.04. The molecule has 128 valence electrons. The zero-order valence-electron chi connectivity index (χ0n) is 12.9. The van der Waals surface area contributed by atoms with Crippen LogP contribution in [0.15, 0.2) is 6.20 Å². The number of likely N-dealkylation sites (N-methyl/N-ethyl adjacent to an activating group) is 1. The van der Waals surface area contributed by atoms with Gasteiger partial charge in [0.25, 0.3) is 0 Å². The Morgan fingerprint density at radius 2 is 2.17 bits per heavy atom. The lowest BCUT2D eigenvalue weighted by Crippen LogP contribution is -2.43. The molecule has 1 saturated heterocycles. The minimum Gasteiger partial charge on any atom is -0.465 e. The molecule has 1 amide bonds. The van der Waals surface area contributed by atoms with Crippen molar-refractivity contribution in [2.45, 2.75) is 25.4 Å². The molecule has 1 N–H and O–H groups in total. The van der Waals surface area contributed by atoms with Gasteiger partial charge in [0.1, 0.15) is 11.3 Å². The second kappa shape index (κ2) is 6.18. The highest BCUT2D eigenvalue weighted by Gasteiger charge is 2.37. The molecule has 0 bridgehead atoms. The number of hydrogen-bond acceptors (Lipinski definition) is 5. The standard InChI is InChI=1S/C14H14Cl2FN5O2/c1-6-8(3-4-22(6)14(23)24)21(2)12-7-5-18-11(15)9(17)10(7)19-13(16)20-12/h5-6,8H,3-4H2,1-2H3,(H,23,24). The number of aromatic nitrogens is 3. The van der Waals surface area contributed by atoms with Crippen LogP contribution in [0, 0.1) is 5.82 Å². The lowest BCUT2D eigenvalue weighted by atomic mass is 10.1. The largest absolute Gasteiger partial charge is 0.465 e. The molecule has 0 aromatic carbocycles. The average molecular weight is 374 g/mol. The highest BCUT2D eigenvalue weighted by molar-refractivity contribution is 6.30. The van der Waals surface area contributed by atoms with Gasteiger partial charge in [-0.25, -0.2) is 19.2 Å². The minimum absolute atomic E-state index is 0.0161. The quantitative estimate of drug-likeness (QED) is 0.643. The van der Waals surface area contributed by atoms with Crippen LogP contribution in [0.4, 0.5) is 15.0 Å². The van der Waals surface area contributed by atoms with Gasteiger partial charge in [-0.15, -0.1) is 0 Å². The van der Waals surface area contributed by atoms with Crippen LogP contribution in [0.25, 0.3) is 10.9 Å². The van der Waals surface area contributed by atoms with Gasteiger partial charge in [-0.3, -0.25) is 0 Å². The topological polar surface area (TPSA) is 82.5 Å². The average Bonchev–Trinajstić information content (AvgIpc) is 2.92. The maximum absolute atomic E-state index is 14.2. The molecule has 0 radical (unpaired) electrons. The first-order chi connectivity index (χ1) is 11.3. The van der Waals surface area contributed by atoms with Gasteiger partial charge >= 0.3 is 6.09 Å². The summed E-state index contributed by atoms with van der Waals surface area (Å²) in [6.45, 7) is 2.24. The van der Waals surface area contributed by atoms with Crippen molar-refractivity contribution < 1.29 is 14.3 Å². The molecular formula is C14H14Cl2FN5O2. The number of likely N-dealkylation sites (tertiary alicyclic amines) is 1. The number of carbonyl (C=O) groups is 1. The van der Waals surface area contributed by atoms with Gasteiger partial charge in [0.15, 0.2) is 11.0 Å². The van der Waals surface area contributed by atoms with Crippen LogP contribution in [-0.4, -0.2) is 56.7 Å². The Morgan fingerprint density at radius 1 is 1.46 bits per heavy atom. The van der Waals surface area contributed by atoms with E-state index in [2.05, 4.69) is 15.0 Å². The summed E-state index contributed by atoms with van der Waals surface area (Å²) >= 11 is 11.6. The van der Waals surface area contributed by atoms with Gasteiger partial charge in [0.2, 0.25) is 5.28 Å². The molecule has 0 aliphatic carbocycles. The van der Waals surface area contributed by atoms with Gasteiger partial charge < -0.3 is 14.9 Å². The lowest BCUT2D eigenvalue weighted by Gasteiger charge is -2.31. The van der Waals surface area contributed by atoms with Crippen molar-refractivity contribution in [3.8, 4) is 0 Å². The molecule has 3 rings (SSSR count). The minimum atomic E-state index is -0.969. The Bertz CT molecular complexity index is 821. The summed E-state index contributed by atoms with van der Waals surface area (Å²) in [7, 11) is 1.76. The number of halogens is 3. The second-order valence-electron chi connectivity index (χ2n) is 5.63. The summed E-state index contributed by atoms with van der Waals surface area (Å²) in [5.74, 6) is -0.378. The number of fused-ring (bicyclic) bond motifs is 1. The summed E-state index contributed by atoms with van der Waals surface area (Å²) < 4.78 is 14.2. The Morgan fingerprint density at radius 3 is 2.79 bits per heavy atom. The van der Waals surface area contributed by atoms with Crippen molar-refractivity contribution in [3.05, 3.63) is 22.5 Å². The van der Waals surface area contributed by atoms with Crippen molar-refractivity contribution in [1.29, 1.82) is 0 Å². The number of amides is 1. The smallest absolute Gasteiger partial charge is 0.407 e. The number of rotatable bonds is 2. The van der Waals surface area contributed by atoms with E-state index in [9.17, 15) is 14.3 Å². The molecule has 1 aliphatic rings. The first-order valence-electron chi connectivity index (χ1n) is 7.21. The third kappa shape index (κ3) is 2.69. The van der Waals surface area contributed by atoms with E-state index >= 15 is 0 Å². The predicted molar refractivity (Wildman–Crippen MR) is 88.3 cm³/mol. The second-order valence-corrected chi connectivity index (χ2v) is 6.32. The number of pyridine rings is 1. The van der Waals surface area contributed by atoms with Gasteiger partial charge in [0.05, 0.1) is 17.5 Å². The molecule has 2 aromatic heterocycles. The molecule has 1 fully saturated rings. The summed E-state index contributed by atoms with van der Waals surface area (Å²) in [6, 6.07) is -0.379. The number of nitrogens with zero attached hydrogens (tertiary/aromatic N) is 5. The molecule has 0 saturated carbocycles. The van der Waals surface area contributed by atoms with E-state index in [0.717, 1.165) is 0 Å². The fourth-order valence-electron chi connectivity index (χ4n) is 3.13. The van der Waals surface area contributed by atoms with Crippen molar-refractivity contribution in [2.24, 2.45) is 0 Å². The first-order valence-corrected chi connectivity index (χ1v) is 7.96. The highest BCUT2D eigenvalue weighted by atomic mass is 35.5. The van der Waals surface area contributed by atoms with Crippen molar-refractivity contribution in [3.63, 3.8) is 0 Å². The summed E-state index contributed by atoms with van der Waals surface area (Å²) in [5, 5.41) is 9.18. The molecule has 24 heavy (non-hydrogen) atoms. The van der Waals surface area contributed by atoms with Crippen molar-refractivity contribution in [1.82, 2.24) is 19.9 Å². The van der Waals surface area contributed by atoms with E-state index in [4.69, 9.17) is 23.2 Å². The Kier molecular flexibility index (Phi) is 4.35. The van der Waals surface area contributed by atoms with Crippen molar-refractivity contribution >= 4 is 46.0 Å². The zero-order chi connectivity index (χ0) is 17.6. The SMILES string of the molecule is CC1C(N(C)c2nc(Cl)nc3c(F)c(Cl)ncc23)CCN1C(=O)O. The van der Waals surface area contributed by atoms with Crippen LogP contribution in [0.2, 0.25) is 10.4 Å². The Hall–Kier alpha value is -1.93. The molecular weight excluding hydrogens is 360 g/mol. The van der Waals surface area contributed by atoms with Gasteiger partial charge in [-0.2, -0.15) is 4.98 Å². The fraction of sp³-hybridized carbons (Fsp3) is 0.429. The van der Waals surface area contributed by atoms with Crippen molar-refractivity contribution in [2.75, 3.05) is 18.5 Å². The van der Waals surface area contributed by atoms with E-state index in [-0.39, 0.29) is 28.0 Å². The lowest BCUT2D eigenvalue weighted by molar-refractivity contribution is 0.141. The van der Waals surface area contributed by atoms with Crippen LogP contribution in [0.5, 0.6) is 0 Å². The van der Waals surface area contributed by atoms with Crippen LogP contribution in [0.3, 0.4) is 0 Å². The van der Waals surface area contributed by atoms with Gasteiger partial charge in [0, 0.05) is 19.8 Å². The van der Waals surface area contributed by atoms with E-state index in [1.54, 1.807) is 11.9 Å². The van der Waals surface area contributed by atoms with Crippen LogP contribution < -0.4 is 4.90 Å². The van der Waals surface area contributed by atoms with E-state index in [0.29, 0.717) is 24.2 Å². The molecule has 7 nitrogen and oxygen atoms in total. The molecule has 2 atom stereocenters. The van der Waals surface area contributed by atoms with E-state index in [1.165, 1.54) is 11.1 Å². The van der Waals surface area contributed by atoms with Crippen LogP contribution in [-0.2, 0) is 0 Å². The molecule has 2 aromatic rings. The third-order valence-electron chi connectivity index (χ3n) is 4.39. The summed E-state index contributed by atoms with van der Waals surface area (Å²) in [5.41, 5.74) is -0.0161. The van der Waals surface area contributed by atoms with Gasteiger partial charge in [-0.05, 0) is 24.9 Å². The van der Waals surface area contributed by atoms with E-state index < -0.39 is 11.9 Å². The van der Waals surface area contributed by atoms with Gasteiger partial charge in [-0.1, -0.05) is 11.6 Å². The maximum Gasteiger partial charge on any atom is 0.407 e. The summed E-state index contributed by atoms with van der Waals surface area (Å²) in [4.78, 5) is 26.3. The number of carboxylic acid groups (broad SMARTS) is 1. The zero-order valence-corrected chi connectivity index (χ0v) is 14.4. The first kappa shape index (κ1) is 16.9. The van der Waals surface area contributed by atoms with Crippen LogP contribution >= 0.6 is 23.2 Å². The molecule has 2 unspecified atom stereocenters. The normalized spacial score (nSPS) is 20.6. The Balaban J connectivity index is 2.06. The monoisotopic (exact) mass is 373 g/mol. The third-order valence-corrected chi connectivity index (χ3v) is 4.82. The molecule has 3 heterocycles. The molecule has 10 heteroatoms. The fourth-order valence-corrected chi connectivity index (χ4v) is 3.43. The Labute approximate surface area is 147 Å². The molecule has 0 spiro atoms. The number of hydrogen-bond donors (Lipinski definition) is 1. The maximum atomic E-state index is 14.2. The number of anilines is 1. The van der Waals surface area contributed by atoms with Crippen LogP contribution in [0.1, 0.15) is 13.3 Å². The molecule has 1 aliphatic heterocycles. The van der Waals surface area contributed by atoms with E-state index in [1.807, 2.05) is 6.92 Å².